The molecular formula is C17H17F2NO3. The molecule has 0 spiro atoms. The number of rotatable bonds is 5. The van der Waals surface area contributed by atoms with E-state index in [1.54, 1.807) is 19.1 Å². The lowest BCUT2D eigenvalue weighted by atomic mass is 10.1. The van der Waals surface area contributed by atoms with Crippen LogP contribution in [0.1, 0.15) is 22.8 Å². The van der Waals surface area contributed by atoms with E-state index in [4.69, 9.17) is 0 Å². The maximum atomic E-state index is 13.5. The summed E-state index contributed by atoms with van der Waals surface area (Å²) in [7, 11) is 0. The molecule has 4 nitrogen and oxygen atoms in total. The lowest BCUT2D eigenvalue weighted by molar-refractivity contribution is -0.120. The van der Waals surface area contributed by atoms with Gasteiger partial charge in [0.2, 0.25) is 5.91 Å². The number of phenols is 1. The van der Waals surface area contributed by atoms with E-state index in [-0.39, 0.29) is 18.7 Å². The summed E-state index contributed by atoms with van der Waals surface area (Å²) < 4.78 is 27.0. The van der Waals surface area contributed by atoms with Crippen LogP contribution >= 0.6 is 0 Å². The average Bonchev–Trinajstić information content (AvgIpc) is 2.49. The molecule has 1 amide bonds. The molecule has 0 bridgehead atoms. The molecule has 3 N–H and O–H groups in total. The Hall–Kier alpha value is -2.47. The number of aliphatic hydroxyl groups excluding tert-OH is 1. The number of hydrogen-bond donors (Lipinski definition) is 3. The van der Waals surface area contributed by atoms with Crippen molar-refractivity contribution < 1.29 is 23.8 Å². The molecule has 0 saturated carbocycles. The minimum absolute atomic E-state index is 0.0136. The summed E-state index contributed by atoms with van der Waals surface area (Å²) in [5.74, 6) is -2.07. The van der Waals surface area contributed by atoms with Crippen LogP contribution in [0.3, 0.4) is 0 Å². The van der Waals surface area contributed by atoms with Crippen molar-refractivity contribution in [1.82, 2.24) is 5.32 Å². The second-order valence-corrected chi connectivity index (χ2v) is 5.25. The van der Waals surface area contributed by atoms with Gasteiger partial charge >= 0.3 is 0 Å². The Morgan fingerprint density at radius 3 is 2.48 bits per heavy atom. The van der Waals surface area contributed by atoms with Crippen molar-refractivity contribution in [3.63, 3.8) is 0 Å². The van der Waals surface area contributed by atoms with Gasteiger partial charge in [0, 0.05) is 6.54 Å². The Labute approximate surface area is 132 Å². The monoisotopic (exact) mass is 321 g/mol. The first kappa shape index (κ1) is 16.9. The number of nitrogens with one attached hydrogen (secondary N) is 1. The standard InChI is InChI=1S/C17H17F2NO3/c1-10-5-6-11(7-14(10)21)8-16(23)20-9-15(22)17-12(18)3-2-4-13(17)19/h2-7,15,21-22H,8-9H2,1H3,(H,20,23). The first-order valence-corrected chi connectivity index (χ1v) is 7.05. The van der Waals surface area contributed by atoms with Crippen LogP contribution in [0.15, 0.2) is 36.4 Å². The summed E-state index contributed by atoms with van der Waals surface area (Å²) >= 11 is 0. The Kier molecular flexibility index (Phi) is 5.28. The lowest BCUT2D eigenvalue weighted by Crippen LogP contribution is -2.30. The molecule has 0 aliphatic heterocycles. The number of aryl methyl sites for hydroxylation is 1. The molecule has 0 fully saturated rings. The molecule has 2 rings (SSSR count). The van der Waals surface area contributed by atoms with Crippen molar-refractivity contribution >= 4 is 5.91 Å². The van der Waals surface area contributed by atoms with Gasteiger partial charge in [-0.2, -0.15) is 0 Å². The normalized spacial score (nSPS) is 12.0. The third-order valence-electron chi connectivity index (χ3n) is 3.46. The molecule has 122 valence electrons. The minimum Gasteiger partial charge on any atom is -0.508 e. The predicted molar refractivity (Wildman–Crippen MR) is 80.9 cm³/mol. The molecule has 0 aromatic heterocycles. The highest BCUT2D eigenvalue weighted by Gasteiger charge is 2.18. The highest BCUT2D eigenvalue weighted by Crippen LogP contribution is 2.20. The van der Waals surface area contributed by atoms with Gasteiger partial charge < -0.3 is 15.5 Å². The van der Waals surface area contributed by atoms with Crippen LogP contribution in [0.4, 0.5) is 8.78 Å². The van der Waals surface area contributed by atoms with Crippen molar-refractivity contribution in [2.24, 2.45) is 0 Å². The van der Waals surface area contributed by atoms with Crippen LogP contribution in [0.2, 0.25) is 0 Å². The smallest absolute Gasteiger partial charge is 0.224 e. The average molecular weight is 321 g/mol. The van der Waals surface area contributed by atoms with Gasteiger partial charge in [-0.05, 0) is 36.2 Å². The van der Waals surface area contributed by atoms with Gasteiger partial charge in [-0.1, -0.05) is 18.2 Å². The number of carbonyl (C=O) groups is 1. The summed E-state index contributed by atoms with van der Waals surface area (Å²) in [5, 5.41) is 21.8. The summed E-state index contributed by atoms with van der Waals surface area (Å²) in [4.78, 5) is 11.8. The Morgan fingerprint density at radius 1 is 1.22 bits per heavy atom. The number of amides is 1. The Morgan fingerprint density at radius 2 is 1.87 bits per heavy atom. The molecule has 0 radical (unpaired) electrons. The molecule has 0 aliphatic rings. The van der Waals surface area contributed by atoms with Crippen molar-refractivity contribution in [3.05, 3.63) is 64.7 Å². The van der Waals surface area contributed by atoms with E-state index in [2.05, 4.69) is 5.32 Å². The SMILES string of the molecule is Cc1ccc(CC(=O)NCC(O)c2c(F)cccc2F)cc1O. The van der Waals surface area contributed by atoms with Crippen molar-refractivity contribution in [3.8, 4) is 5.75 Å². The first-order chi connectivity index (χ1) is 10.9. The van der Waals surface area contributed by atoms with E-state index < -0.39 is 29.2 Å². The second kappa shape index (κ2) is 7.19. The highest BCUT2D eigenvalue weighted by atomic mass is 19.1. The first-order valence-electron chi connectivity index (χ1n) is 7.05. The second-order valence-electron chi connectivity index (χ2n) is 5.25. The number of phenolic OH excluding ortho intramolecular Hbond substituents is 1. The fourth-order valence-corrected chi connectivity index (χ4v) is 2.15. The van der Waals surface area contributed by atoms with Gasteiger partial charge in [0.05, 0.1) is 12.0 Å². The number of hydrogen-bond acceptors (Lipinski definition) is 3. The molecule has 0 heterocycles. The zero-order chi connectivity index (χ0) is 17.0. The summed E-state index contributed by atoms with van der Waals surface area (Å²) in [6, 6.07) is 8.13. The van der Waals surface area contributed by atoms with E-state index in [1.807, 2.05) is 0 Å². The molecule has 23 heavy (non-hydrogen) atoms. The van der Waals surface area contributed by atoms with Gasteiger partial charge in [-0.3, -0.25) is 4.79 Å². The van der Waals surface area contributed by atoms with E-state index >= 15 is 0 Å². The maximum Gasteiger partial charge on any atom is 0.224 e. The molecule has 0 aliphatic carbocycles. The van der Waals surface area contributed by atoms with Crippen LogP contribution in [-0.2, 0) is 11.2 Å². The van der Waals surface area contributed by atoms with E-state index in [1.165, 1.54) is 12.1 Å². The lowest BCUT2D eigenvalue weighted by Gasteiger charge is -2.14. The van der Waals surface area contributed by atoms with Gasteiger partial charge in [0.25, 0.3) is 0 Å². The summed E-state index contributed by atoms with van der Waals surface area (Å²) in [6.45, 7) is 1.42. The van der Waals surface area contributed by atoms with Crippen molar-refractivity contribution in [2.75, 3.05) is 6.54 Å². The molecule has 0 saturated heterocycles. The van der Waals surface area contributed by atoms with Gasteiger partial charge in [0.1, 0.15) is 23.5 Å². The van der Waals surface area contributed by atoms with Crippen LogP contribution in [-0.4, -0.2) is 22.7 Å². The zero-order valence-electron chi connectivity index (χ0n) is 12.5. The predicted octanol–water partition coefficient (Wildman–Crippen LogP) is 2.37. The van der Waals surface area contributed by atoms with Gasteiger partial charge in [0.15, 0.2) is 0 Å². The fraction of sp³-hybridized carbons (Fsp3) is 0.235. The topological polar surface area (TPSA) is 69.6 Å². The van der Waals surface area contributed by atoms with Crippen LogP contribution in [0, 0.1) is 18.6 Å². The number of aromatic hydroxyl groups is 1. The van der Waals surface area contributed by atoms with Crippen LogP contribution in [0.5, 0.6) is 5.75 Å². The summed E-state index contributed by atoms with van der Waals surface area (Å²) in [6.07, 6.45) is -1.49. The fourth-order valence-electron chi connectivity index (χ4n) is 2.15. The number of benzene rings is 2. The molecular weight excluding hydrogens is 304 g/mol. The summed E-state index contributed by atoms with van der Waals surface area (Å²) in [5.41, 5.74) is 0.817. The zero-order valence-corrected chi connectivity index (χ0v) is 12.5. The van der Waals surface area contributed by atoms with Gasteiger partial charge in [-0.25, -0.2) is 8.78 Å². The quantitative estimate of drug-likeness (QED) is 0.792. The van der Waals surface area contributed by atoms with E-state index in [9.17, 15) is 23.8 Å². The maximum absolute atomic E-state index is 13.5. The largest absolute Gasteiger partial charge is 0.508 e. The molecule has 1 atom stereocenters. The molecule has 6 heteroatoms. The highest BCUT2D eigenvalue weighted by molar-refractivity contribution is 5.78. The van der Waals surface area contributed by atoms with Gasteiger partial charge in [-0.15, -0.1) is 0 Å². The Bertz CT molecular complexity index is 699. The number of halogens is 2. The number of carbonyl (C=O) groups excluding carboxylic acids is 1. The number of aliphatic hydroxyl groups is 1. The molecule has 2 aromatic carbocycles. The minimum atomic E-state index is -1.48. The van der Waals surface area contributed by atoms with E-state index in [0.717, 1.165) is 12.1 Å². The van der Waals surface area contributed by atoms with Crippen molar-refractivity contribution in [1.29, 1.82) is 0 Å². The van der Waals surface area contributed by atoms with Crippen LogP contribution in [0.25, 0.3) is 0 Å². The third kappa shape index (κ3) is 4.26. The van der Waals surface area contributed by atoms with Crippen molar-refractivity contribution in [2.45, 2.75) is 19.4 Å². The molecule has 1 unspecified atom stereocenters. The van der Waals surface area contributed by atoms with Crippen LogP contribution < -0.4 is 5.32 Å². The third-order valence-corrected chi connectivity index (χ3v) is 3.46. The molecule has 2 aromatic rings. The Balaban J connectivity index is 1.95. The van der Waals surface area contributed by atoms with E-state index in [0.29, 0.717) is 11.1 Å².